The van der Waals surface area contributed by atoms with Crippen molar-refractivity contribution in [2.45, 2.75) is 0 Å². The minimum Gasteiger partial charge on any atom is -0.369 e. The third-order valence-electron chi connectivity index (χ3n) is 2.22. The van der Waals surface area contributed by atoms with E-state index in [0.29, 0.717) is 11.7 Å². The zero-order chi connectivity index (χ0) is 10.4. The molecular formula is C9H8N6. The molecule has 4 N–H and O–H groups in total. The van der Waals surface area contributed by atoms with Gasteiger partial charge in [-0.15, -0.1) is 0 Å². The molecule has 0 fully saturated rings. The molecule has 6 nitrogen and oxygen atoms in total. The van der Waals surface area contributed by atoms with Gasteiger partial charge in [0.25, 0.3) is 0 Å². The van der Waals surface area contributed by atoms with Crippen LogP contribution in [0, 0.1) is 0 Å². The van der Waals surface area contributed by atoms with Gasteiger partial charge in [0.05, 0.1) is 11.0 Å². The predicted octanol–water partition coefficient (Wildman–Crippen LogP) is 0.442. The number of imidazole rings is 1. The van der Waals surface area contributed by atoms with Crippen LogP contribution in [0.4, 0.5) is 11.9 Å². The predicted molar refractivity (Wildman–Crippen MR) is 57.1 cm³/mol. The Balaban J connectivity index is 2.61. The number of fused-ring (bicyclic) bond motifs is 3. The van der Waals surface area contributed by atoms with Crippen LogP contribution in [0.1, 0.15) is 0 Å². The summed E-state index contributed by atoms with van der Waals surface area (Å²) in [7, 11) is 0. The number of nitrogen functional groups attached to an aromatic ring is 2. The van der Waals surface area contributed by atoms with Gasteiger partial charge < -0.3 is 11.5 Å². The molecule has 0 bridgehead atoms. The van der Waals surface area contributed by atoms with Crippen molar-refractivity contribution in [1.82, 2.24) is 19.4 Å². The zero-order valence-corrected chi connectivity index (χ0v) is 7.75. The summed E-state index contributed by atoms with van der Waals surface area (Å²) < 4.78 is 1.67. The van der Waals surface area contributed by atoms with Crippen molar-refractivity contribution in [1.29, 1.82) is 0 Å². The highest BCUT2D eigenvalue weighted by molar-refractivity contribution is 5.80. The maximum atomic E-state index is 5.76. The van der Waals surface area contributed by atoms with Crippen molar-refractivity contribution in [2.24, 2.45) is 0 Å². The SMILES string of the molecule is Nc1nc(N)n2c(n1)nc1ccccc12. The molecule has 0 amide bonds. The molecule has 0 aliphatic heterocycles. The normalized spacial score (nSPS) is 11.2. The average Bonchev–Trinajstić information content (AvgIpc) is 2.54. The van der Waals surface area contributed by atoms with Crippen LogP contribution < -0.4 is 11.5 Å². The molecule has 0 aliphatic rings. The van der Waals surface area contributed by atoms with E-state index in [1.165, 1.54) is 0 Å². The lowest BCUT2D eigenvalue weighted by atomic mass is 10.3. The first-order valence-electron chi connectivity index (χ1n) is 4.42. The van der Waals surface area contributed by atoms with Crippen molar-refractivity contribution in [3.63, 3.8) is 0 Å². The van der Waals surface area contributed by atoms with Crippen LogP contribution in [0.3, 0.4) is 0 Å². The minimum atomic E-state index is 0.135. The van der Waals surface area contributed by atoms with Crippen LogP contribution >= 0.6 is 0 Å². The Hall–Kier alpha value is -2.37. The highest BCUT2D eigenvalue weighted by Gasteiger charge is 2.08. The maximum Gasteiger partial charge on any atom is 0.240 e. The number of hydrogen-bond acceptors (Lipinski definition) is 5. The number of aromatic nitrogens is 4. The van der Waals surface area contributed by atoms with Gasteiger partial charge >= 0.3 is 0 Å². The lowest BCUT2D eigenvalue weighted by Crippen LogP contribution is -2.05. The van der Waals surface area contributed by atoms with E-state index >= 15 is 0 Å². The second-order valence-electron chi connectivity index (χ2n) is 3.18. The van der Waals surface area contributed by atoms with Crippen LogP contribution in [-0.2, 0) is 0 Å². The highest BCUT2D eigenvalue weighted by atomic mass is 15.2. The first kappa shape index (κ1) is 7.98. The maximum absolute atomic E-state index is 5.76. The van der Waals surface area contributed by atoms with E-state index in [1.54, 1.807) is 4.40 Å². The summed E-state index contributed by atoms with van der Waals surface area (Å²) in [5.41, 5.74) is 13.0. The summed E-state index contributed by atoms with van der Waals surface area (Å²) in [6.07, 6.45) is 0. The molecule has 0 aliphatic carbocycles. The lowest BCUT2D eigenvalue weighted by molar-refractivity contribution is 1.06. The number of anilines is 2. The standard InChI is InChI=1S/C9H8N6/c10-7-13-8(11)15-6-4-2-1-3-5(6)12-9(15)14-7/h1-4H,(H4,10,11,12,13,14). The van der Waals surface area contributed by atoms with E-state index in [0.717, 1.165) is 11.0 Å². The zero-order valence-electron chi connectivity index (χ0n) is 7.75. The topological polar surface area (TPSA) is 95.1 Å². The molecule has 2 heterocycles. The van der Waals surface area contributed by atoms with Gasteiger partial charge in [-0.2, -0.15) is 9.97 Å². The Bertz CT molecular complexity index is 656. The van der Waals surface area contributed by atoms with Gasteiger partial charge in [-0.05, 0) is 12.1 Å². The number of para-hydroxylation sites is 2. The number of nitrogens with two attached hydrogens (primary N) is 2. The molecule has 0 atom stereocenters. The van der Waals surface area contributed by atoms with Crippen molar-refractivity contribution < 1.29 is 0 Å². The summed E-state index contributed by atoms with van der Waals surface area (Å²) >= 11 is 0. The van der Waals surface area contributed by atoms with Gasteiger partial charge in [-0.3, -0.25) is 0 Å². The monoisotopic (exact) mass is 200 g/mol. The lowest BCUT2D eigenvalue weighted by Gasteiger charge is -1.99. The second kappa shape index (κ2) is 2.57. The highest BCUT2D eigenvalue weighted by Crippen LogP contribution is 2.17. The van der Waals surface area contributed by atoms with Gasteiger partial charge in [-0.1, -0.05) is 12.1 Å². The van der Waals surface area contributed by atoms with Gasteiger partial charge in [0.2, 0.25) is 17.7 Å². The van der Waals surface area contributed by atoms with E-state index in [2.05, 4.69) is 15.0 Å². The second-order valence-corrected chi connectivity index (χ2v) is 3.18. The largest absolute Gasteiger partial charge is 0.369 e. The molecular weight excluding hydrogens is 192 g/mol. The molecule has 3 aromatic rings. The van der Waals surface area contributed by atoms with E-state index in [1.807, 2.05) is 24.3 Å². The van der Waals surface area contributed by atoms with Crippen molar-refractivity contribution in [2.75, 3.05) is 11.5 Å². The molecule has 0 radical (unpaired) electrons. The Morgan fingerprint density at radius 2 is 1.80 bits per heavy atom. The Morgan fingerprint density at radius 1 is 1.00 bits per heavy atom. The molecule has 74 valence electrons. The van der Waals surface area contributed by atoms with Crippen LogP contribution in [0.5, 0.6) is 0 Å². The van der Waals surface area contributed by atoms with Gasteiger partial charge in [0.15, 0.2) is 0 Å². The summed E-state index contributed by atoms with van der Waals surface area (Å²) in [4.78, 5) is 12.2. The van der Waals surface area contributed by atoms with Gasteiger partial charge in [0, 0.05) is 0 Å². The third kappa shape index (κ3) is 1.01. The first-order valence-corrected chi connectivity index (χ1v) is 4.42. The fourth-order valence-electron chi connectivity index (χ4n) is 1.61. The smallest absolute Gasteiger partial charge is 0.240 e. The quantitative estimate of drug-likeness (QED) is 0.549. The number of hydrogen-bond donors (Lipinski definition) is 2. The van der Waals surface area contributed by atoms with Crippen LogP contribution in [-0.4, -0.2) is 19.4 Å². The Labute approximate surface area is 84.6 Å². The first-order chi connectivity index (χ1) is 7.25. The van der Waals surface area contributed by atoms with E-state index < -0.39 is 0 Å². The molecule has 0 spiro atoms. The fraction of sp³-hybridized carbons (Fsp3) is 0. The summed E-state index contributed by atoms with van der Waals surface area (Å²) in [5, 5.41) is 0. The van der Waals surface area contributed by atoms with Crippen molar-refractivity contribution in [3.05, 3.63) is 24.3 Å². The van der Waals surface area contributed by atoms with E-state index in [9.17, 15) is 0 Å². The Morgan fingerprint density at radius 3 is 2.67 bits per heavy atom. The molecule has 0 saturated carbocycles. The van der Waals surface area contributed by atoms with Gasteiger partial charge in [-0.25, -0.2) is 9.38 Å². The summed E-state index contributed by atoms with van der Waals surface area (Å²) in [6.45, 7) is 0. The number of rotatable bonds is 0. The number of nitrogens with zero attached hydrogens (tertiary/aromatic N) is 4. The molecule has 0 unspecified atom stereocenters. The third-order valence-corrected chi connectivity index (χ3v) is 2.22. The molecule has 1 aromatic carbocycles. The molecule has 2 aromatic heterocycles. The van der Waals surface area contributed by atoms with Gasteiger partial charge in [0.1, 0.15) is 0 Å². The number of benzene rings is 1. The molecule has 0 saturated heterocycles. The van der Waals surface area contributed by atoms with E-state index in [4.69, 9.17) is 11.5 Å². The Kier molecular flexibility index (Phi) is 1.37. The molecule has 6 heteroatoms. The average molecular weight is 200 g/mol. The van der Waals surface area contributed by atoms with E-state index in [-0.39, 0.29) is 5.95 Å². The van der Waals surface area contributed by atoms with Crippen LogP contribution in [0.2, 0.25) is 0 Å². The fourth-order valence-corrected chi connectivity index (χ4v) is 1.61. The van der Waals surface area contributed by atoms with Crippen LogP contribution in [0.15, 0.2) is 24.3 Å². The molecule has 15 heavy (non-hydrogen) atoms. The van der Waals surface area contributed by atoms with Crippen LogP contribution in [0.25, 0.3) is 16.8 Å². The molecule has 3 rings (SSSR count). The summed E-state index contributed by atoms with van der Waals surface area (Å²) in [5.74, 6) is 0.905. The summed E-state index contributed by atoms with van der Waals surface area (Å²) in [6, 6.07) is 7.61. The minimum absolute atomic E-state index is 0.135. The van der Waals surface area contributed by atoms with Crippen molar-refractivity contribution >= 4 is 28.7 Å². The van der Waals surface area contributed by atoms with Crippen molar-refractivity contribution in [3.8, 4) is 0 Å².